The van der Waals surface area contributed by atoms with E-state index in [1.54, 1.807) is 0 Å². The van der Waals surface area contributed by atoms with Crippen LogP contribution in [-0.4, -0.2) is 28.1 Å². The Kier molecular flexibility index (Phi) is 3.36. The van der Waals surface area contributed by atoms with Crippen molar-refractivity contribution in [3.63, 3.8) is 0 Å². The van der Waals surface area contributed by atoms with E-state index in [9.17, 15) is 0 Å². The summed E-state index contributed by atoms with van der Waals surface area (Å²) >= 11 is 6.33. The first-order chi connectivity index (χ1) is 4.83. The van der Waals surface area contributed by atoms with E-state index in [-0.39, 0.29) is 12.1 Å². The van der Waals surface area contributed by atoms with Crippen molar-refractivity contribution in [3.8, 4) is 0 Å². The molecule has 0 spiro atoms. The molecule has 0 aromatic carbocycles. The van der Waals surface area contributed by atoms with E-state index >= 15 is 0 Å². The van der Waals surface area contributed by atoms with Crippen molar-refractivity contribution in [2.24, 2.45) is 0 Å². The number of rotatable bonds is 3. The van der Waals surface area contributed by atoms with Crippen LogP contribution in [0.2, 0.25) is 0 Å². The maximum Gasteiger partial charge on any atom is 0.150 e. The Morgan fingerprint density at radius 1 is 1.80 bits per heavy atom. The van der Waals surface area contributed by atoms with Crippen molar-refractivity contribution in [1.29, 1.82) is 0 Å². The van der Waals surface area contributed by atoms with Crippen LogP contribution in [0.3, 0.4) is 0 Å². The number of thiocarbonyl (C=S) groups is 1. The third-order valence-electron chi connectivity index (χ3n) is 0.972. The van der Waals surface area contributed by atoms with Crippen molar-refractivity contribution >= 4 is 28.3 Å². The zero-order chi connectivity index (χ0) is 7.40. The molecule has 4 nitrogen and oxygen atoms in total. The largest absolute Gasteiger partial charge is 0.395 e. The third kappa shape index (κ3) is 2.39. The van der Waals surface area contributed by atoms with Gasteiger partial charge in [-0.3, -0.25) is 5.32 Å². The lowest BCUT2D eigenvalue weighted by molar-refractivity contribution is 0.288. The van der Waals surface area contributed by atoms with Crippen LogP contribution in [0.1, 0.15) is 0 Å². The smallest absolute Gasteiger partial charge is 0.150 e. The molecule has 10 heavy (non-hydrogen) atoms. The second-order valence-electron chi connectivity index (χ2n) is 1.73. The Morgan fingerprint density at radius 2 is 2.60 bits per heavy atom. The molecule has 1 unspecified atom stereocenters. The van der Waals surface area contributed by atoms with E-state index in [2.05, 4.69) is 16.2 Å². The highest BCUT2D eigenvalue weighted by Gasteiger charge is 2.16. The summed E-state index contributed by atoms with van der Waals surface area (Å²) in [5, 5.41) is 11.5. The van der Waals surface area contributed by atoms with Crippen LogP contribution in [0.5, 0.6) is 0 Å². The molecule has 0 amide bonds. The number of aliphatic hydroxyl groups is 1. The number of hydrogen-bond acceptors (Lipinski definition) is 5. The fraction of sp³-hybridized carbons (Fsp3) is 0.750. The Bertz CT molecular complexity index is 132. The molecule has 0 aromatic heterocycles. The molecule has 0 aliphatic carbocycles. The van der Waals surface area contributed by atoms with E-state index in [4.69, 9.17) is 17.3 Å². The number of hydrogen-bond donors (Lipinski definition) is 4. The van der Waals surface area contributed by atoms with Gasteiger partial charge < -0.3 is 10.5 Å². The molecule has 1 saturated heterocycles. The number of aliphatic hydroxyl groups excluding tert-OH is 1. The first kappa shape index (κ1) is 8.22. The van der Waals surface area contributed by atoms with E-state index in [1.807, 2.05) is 0 Å². The van der Waals surface area contributed by atoms with Gasteiger partial charge in [0.2, 0.25) is 0 Å². The summed E-state index contributed by atoms with van der Waals surface area (Å²) in [6.07, 6.45) is 0. The van der Waals surface area contributed by atoms with Crippen LogP contribution in [0.4, 0.5) is 0 Å². The summed E-state index contributed by atoms with van der Waals surface area (Å²) in [7, 11) is 0. The van der Waals surface area contributed by atoms with Gasteiger partial charge in [0, 0.05) is 6.54 Å². The fourth-order valence-electron chi connectivity index (χ4n) is 0.579. The molecular weight excluding hydrogens is 170 g/mol. The minimum atomic E-state index is 0.0969. The summed E-state index contributed by atoms with van der Waals surface area (Å²) in [6, 6.07) is 0. The first-order valence-electron chi connectivity index (χ1n) is 2.89. The topological polar surface area (TPSA) is 56.3 Å². The van der Waals surface area contributed by atoms with Crippen LogP contribution in [-0.2, 0) is 0 Å². The molecule has 4 N–H and O–H groups in total. The predicted molar refractivity (Wildman–Crippen MR) is 45.3 cm³/mol. The SMILES string of the molecule is OCCNC1NNC(=S)S1. The second-order valence-corrected chi connectivity index (χ2v) is 3.51. The maximum absolute atomic E-state index is 8.44. The average Bonchev–Trinajstić information content (AvgIpc) is 2.31. The average molecular weight is 179 g/mol. The van der Waals surface area contributed by atoms with Crippen molar-refractivity contribution < 1.29 is 5.11 Å². The van der Waals surface area contributed by atoms with Crippen molar-refractivity contribution in [1.82, 2.24) is 16.2 Å². The molecule has 1 atom stereocenters. The minimum Gasteiger partial charge on any atom is -0.395 e. The van der Waals surface area contributed by atoms with Gasteiger partial charge in [-0.2, -0.15) is 0 Å². The summed E-state index contributed by atoms with van der Waals surface area (Å²) in [6.45, 7) is 0.723. The Morgan fingerprint density at radius 3 is 3.10 bits per heavy atom. The molecule has 1 heterocycles. The van der Waals surface area contributed by atoms with Gasteiger partial charge in [0.1, 0.15) is 5.50 Å². The lowest BCUT2D eigenvalue weighted by Gasteiger charge is -2.07. The lowest BCUT2D eigenvalue weighted by atomic mass is 10.7. The predicted octanol–water partition coefficient (Wildman–Crippen LogP) is -1.02. The molecular formula is C4H9N3OS2. The van der Waals surface area contributed by atoms with Crippen LogP contribution in [0, 0.1) is 0 Å². The highest BCUT2D eigenvalue weighted by Crippen LogP contribution is 2.10. The standard InChI is InChI=1S/C4H9N3OS2/c8-2-1-5-3-6-7-4(9)10-3/h3,5-6,8H,1-2H2,(H,7,9). The van der Waals surface area contributed by atoms with Crippen LogP contribution < -0.4 is 16.2 Å². The Labute approximate surface area is 68.7 Å². The molecule has 1 aliphatic rings. The van der Waals surface area contributed by atoms with E-state index in [0.717, 1.165) is 4.32 Å². The molecule has 0 bridgehead atoms. The van der Waals surface area contributed by atoms with Crippen LogP contribution in [0.15, 0.2) is 0 Å². The van der Waals surface area contributed by atoms with Gasteiger partial charge in [-0.1, -0.05) is 24.0 Å². The number of thioether (sulfide) groups is 1. The Balaban J connectivity index is 2.12. The van der Waals surface area contributed by atoms with E-state index in [1.165, 1.54) is 11.8 Å². The zero-order valence-corrected chi connectivity index (χ0v) is 6.89. The fourth-order valence-corrected chi connectivity index (χ4v) is 1.58. The zero-order valence-electron chi connectivity index (χ0n) is 5.26. The minimum absolute atomic E-state index is 0.0969. The van der Waals surface area contributed by atoms with Gasteiger partial charge >= 0.3 is 0 Å². The summed E-state index contributed by atoms with van der Waals surface area (Å²) < 4.78 is 0.732. The van der Waals surface area contributed by atoms with E-state index < -0.39 is 0 Å². The lowest BCUT2D eigenvalue weighted by Crippen LogP contribution is -2.41. The number of hydrazine groups is 1. The highest BCUT2D eigenvalue weighted by molar-refractivity contribution is 8.23. The van der Waals surface area contributed by atoms with E-state index in [0.29, 0.717) is 6.54 Å². The van der Waals surface area contributed by atoms with Crippen molar-refractivity contribution in [2.75, 3.05) is 13.2 Å². The second kappa shape index (κ2) is 4.09. The van der Waals surface area contributed by atoms with Crippen LogP contribution >= 0.6 is 24.0 Å². The van der Waals surface area contributed by atoms with Gasteiger partial charge in [0.05, 0.1) is 6.61 Å². The molecule has 0 radical (unpaired) electrons. The number of nitrogens with one attached hydrogen (secondary N) is 3. The van der Waals surface area contributed by atoms with Crippen LogP contribution in [0.25, 0.3) is 0 Å². The van der Waals surface area contributed by atoms with Gasteiger partial charge in [-0.05, 0) is 0 Å². The van der Waals surface area contributed by atoms with Gasteiger partial charge in [0.25, 0.3) is 0 Å². The highest BCUT2D eigenvalue weighted by atomic mass is 32.2. The van der Waals surface area contributed by atoms with Crippen molar-refractivity contribution in [3.05, 3.63) is 0 Å². The molecule has 6 heteroatoms. The quantitative estimate of drug-likeness (QED) is 0.416. The van der Waals surface area contributed by atoms with Gasteiger partial charge in [-0.15, -0.1) is 0 Å². The summed E-state index contributed by atoms with van der Waals surface area (Å²) in [5.74, 6) is 0. The summed E-state index contributed by atoms with van der Waals surface area (Å²) in [4.78, 5) is 0. The van der Waals surface area contributed by atoms with Gasteiger partial charge in [-0.25, -0.2) is 5.43 Å². The monoisotopic (exact) mass is 179 g/mol. The third-order valence-corrected chi connectivity index (χ3v) is 2.20. The molecule has 1 rings (SSSR count). The van der Waals surface area contributed by atoms with Gasteiger partial charge in [0.15, 0.2) is 4.32 Å². The molecule has 1 aliphatic heterocycles. The van der Waals surface area contributed by atoms with Crippen molar-refractivity contribution in [2.45, 2.75) is 5.50 Å². The first-order valence-corrected chi connectivity index (χ1v) is 4.18. The maximum atomic E-state index is 8.44. The molecule has 58 valence electrons. The summed E-state index contributed by atoms with van der Waals surface area (Å²) in [5.41, 5.74) is 5.77. The molecule has 0 aromatic rings. The normalized spacial score (nSPS) is 24.9. The molecule has 0 saturated carbocycles. The Hall–Kier alpha value is 0.120. The molecule has 1 fully saturated rings.